The number of carboxylic acids is 1. The maximum absolute atomic E-state index is 12.7. The van der Waals surface area contributed by atoms with E-state index in [9.17, 15) is 19.5 Å². The van der Waals surface area contributed by atoms with E-state index < -0.39 is 17.4 Å². The first-order valence-corrected chi connectivity index (χ1v) is 10.1. The van der Waals surface area contributed by atoms with Gasteiger partial charge in [0.25, 0.3) is 0 Å². The average Bonchev–Trinajstić information content (AvgIpc) is 3.03. The van der Waals surface area contributed by atoms with Gasteiger partial charge in [-0.15, -0.1) is 11.8 Å². The van der Waals surface area contributed by atoms with Gasteiger partial charge in [-0.3, -0.25) is 14.4 Å². The highest BCUT2D eigenvalue weighted by atomic mass is 32.2. The molecule has 1 aromatic rings. The number of benzene rings is 1. The SMILES string of the molecule is CC(C)(C)CC(=O)N1CSCC1C(=O)Nc1ccc(C(C)(C)C(=O)O)cc1. The summed E-state index contributed by atoms with van der Waals surface area (Å²) in [6.07, 6.45) is 0.399. The Morgan fingerprint density at radius 1 is 1.15 bits per heavy atom. The topological polar surface area (TPSA) is 86.7 Å². The van der Waals surface area contributed by atoms with Crippen LogP contribution >= 0.6 is 11.8 Å². The smallest absolute Gasteiger partial charge is 0.313 e. The van der Waals surface area contributed by atoms with Crippen LogP contribution in [0.4, 0.5) is 5.69 Å². The lowest BCUT2D eigenvalue weighted by Gasteiger charge is -2.27. The largest absolute Gasteiger partial charge is 0.481 e. The van der Waals surface area contributed by atoms with Gasteiger partial charge in [0.15, 0.2) is 0 Å². The van der Waals surface area contributed by atoms with Gasteiger partial charge in [0, 0.05) is 17.9 Å². The van der Waals surface area contributed by atoms with Gasteiger partial charge >= 0.3 is 5.97 Å². The van der Waals surface area contributed by atoms with E-state index in [0.29, 0.717) is 29.3 Å². The summed E-state index contributed by atoms with van der Waals surface area (Å²) in [4.78, 5) is 38.2. The molecular formula is C20H28N2O4S. The van der Waals surface area contributed by atoms with Crippen LogP contribution in [-0.2, 0) is 19.8 Å². The van der Waals surface area contributed by atoms with E-state index in [1.165, 1.54) is 0 Å². The lowest BCUT2D eigenvalue weighted by Crippen LogP contribution is -2.45. The summed E-state index contributed by atoms with van der Waals surface area (Å²) < 4.78 is 0. The first-order chi connectivity index (χ1) is 12.4. The van der Waals surface area contributed by atoms with Crippen LogP contribution in [-0.4, -0.2) is 45.5 Å². The predicted molar refractivity (Wildman–Crippen MR) is 108 cm³/mol. The first kappa shape index (κ1) is 21.3. The molecule has 1 aromatic carbocycles. The van der Waals surface area contributed by atoms with Crippen LogP contribution in [0.1, 0.15) is 46.6 Å². The van der Waals surface area contributed by atoms with Crippen molar-refractivity contribution in [2.45, 2.75) is 52.5 Å². The molecule has 6 nitrogen and oxygen atoms in total. The van der Waals surface area contributed by atoms with Crippen LogP contribution in [0.5, 0.6) is 0 Å². The Kier molecular flexibility index (Phi) is 6.24. The van der Waals surface area contributed by atoms with Crippen molar-refractivity contribution < 1.29 is 19.5 Å². The van der Waals surface area contributed by atoms with Crippen molar-refractivity contribution in [2.24, 2.45) is 5.41 Å². The number of hydrogen-bond donors (Lipinski definition) is 2. The maximum atomic E-state index is 12.7. The molecule has 0 bridgehead atoms. The van der Waals surface area contributed by atoms with E-state index >= 15 is 0 Å². The molecule has 0 aliphatic carbocycles. The lowest BCUT2D eigenvalue weighted by atomic mass is 9.85. The first-order valence-electron chi connectivity index (χ1n) is 8.94. The van der Waals surface area contributed by atoms with E-state index in [1.807, 2.05) is 20.8 Å². The minimum Gasteiger partial charge on any atom is -0.481 e. The Bertz CT molecular complexity index is 722. The van der Waals surface area contributed by atoms with Gasteiger partial charge in [-0.2, -0.15) is 0 Å². The van der Waals surface area contributed by atoms with E-state index in [0.717, 1.165) is 0 Å². The molecule has 1 unspecified atom stereocenters. The molecule has 1 aliphatic rings. The van der Waals surface area contributed by atoms with Crippen LogP contribution in [0.25, 0.3) is 0 Å². The third kappa shape index (κ3) is 5.25. The molecular weight excluding hydrogens is 364 g/mol. The zero-order valence-corrected chi connectivity index (χ0v) is 17.4. The van der Waals surface area contributed by atoms with Crippen molar-refractivity contribution in [2.75, 3.05) is 16.9 Å². The molecule has 1 saturated heterocycles. The number of carbonyl (C=O) groups is 3. The number of carboxylic acid groups (broad SMARTS) is 1. The molecule has 7 heteroatoms. The van der Waals surface area contributed by atoms with Crippen molar-refractivity contribution in [3.05, 3.63) is 29.8 Å². The van der Waals surface area contributed by atoms with Crippen molar-refractivity contribution in [3.8, 4) is 0 Å². The average molecular weight is 393 g/mol. The summed E-state index contributed by atoms with van der Waals surface area (Å²) >= 11 is 1.57. The summed E-state index contributed by atoms with van der Waals surface area (Å²) in [5, 5.41) is 12.2. The van der Waals surface area contributed by atoms with Crippen LogP contribution < -0.4 is 5.32 Å². The molecule has 1 aliphatic heterocycles. The second-order valence-corrected chi connectivity index (χ2v) is 9.61. The van der Waals surface area contributed by atoms with Crippen LogP contribution in [0.3, 0.4) is 0 Å². The molecule has 0 radical (unpaired) electrons. The Morgan fingerprint density at radius 2 is 1.74 bits per heavy atom. The van der Waals surface area contributed by atoms with E-state index in [2.05, 4.69) is 5.32 Å². The zero-order chi connectivity index (χ0) is 20.4. The molecule has 2 N–H and O–H groups in total. The van der Waals surface area contributed by atoms with Gasteiger partial charge in [-0.25, -0.2) is 0 Å². The van der Waals surface area contributed by atoms with Crippen LogP contribution in [0.2, 0.25) is 0 Å². The molecule has 0 saturated carbocycles. The number of carbonyl (C=O) groups excluding carboxylic acids is 2. The molecule has 2 amide bonds. The van der Waals surface area contributed by atoms with Crippen LogP contribution in [0.15, 0.2) is 24.3 Å². The lowest BCUT2D eigenvalue weighted by molar-refractivity contribution is -0.142. The molecule has 1 atom stereocenters. The number of aliphatic carboxylic acids is 1. The molecule has 2 rings (SSSR count). The standard InChI is InChI=1S/C20H28N2O4S/c1-19(2,3)10-16(23)22-12-27-11-15(22)17(24)21-14-8-6-13(7-9-14)20(4,5)18(25)26/h6-9,15H,10-12H2,1-5H3,(H,21,24)(H,25,26). The fraction of sp³-hybridized carbons (Fsp3) is 0.550. The normalized spacial score (nSPS) is 17.7. The third-order valence-electron chi connectivity index (χ3n) is 4.60. The summed E-state index contributed by atoms with van der Waals surface area (Å²) in [7, 11) is 0. The molecule has 1 heterocycles. The van der Waals surface area contributed by atoms with Crippen LogP contribution in [0, 0.1) is 5.41 Å². The second-order valence-electron chi connectivity index (χ2n) is 8.61. The molecule has 148 valence electrons. The van der Waals surface area contributed by atoms with E-state index in [1.54, 1.807) is 54.8 Å². The van der Waals surface area contributed by atoms with Crippen molar-refractivity contribution >= 4 is 35.2 Å². The van der Waals surface area contributed by atoms with Gasteiger partial charge in [-0.05, 0) is 37.0 Å². The number of thioether (sulfide) groups is 1. The zero-order valence-electron chi connectivity index (χ0n) is 16.5. The van der Waals surface area contributed by atoms with Gasteiger partial charge in [0.1, 0.15) is 6.04 Å². The molecule has 27 heavy (non-hydrogen) atoms. The number of rotatable bonds is 5. The van der Waals surface area contributed by atoms with E-state index in [4.69, 9.17) is 0 Å². The highest BCUT2D eigenvalue weighted by Gasteiger charge is 2.36. The second kappa shape index (κ2) is 7.92. The molecule has 0 spiro atoms. The molecule has 1 fully saturated rings. The predicted octanol–water partition coefficient (Wildman–Crippen LogP) is 3.33. The Balaban J connectivity index is 2.06. The quantitative estimate of drug-likeness (QED) is 0.803. The van der Waals surface area contributed by atoms with E-state index in [-0.39, 0.29) is 17.2 Å². The van der Waals surface area contributed by atoms with Gasteiger partial charge < -0.3 is 15.3 Å². The minimum atomic E-state index is -0.999. The number of nitrogens with zero attached hydrogens (tertiary/aromatic N) is 1. The fourth-order valence-corrected chi connectivity index (χ4v) is 3.96. The Morgan fingerprint density at radius 3 is 2.26 bits per heavy atom. The number of nitrogens with one attached hydrogen (secondary N) is 1. The summed E-state index contributed by atoms with van der Waals surface area (Å²) in [6, 6.07) is 6.31. The summed E-state index contributed by atoms with van der Waals surface area (Å²) in [6.45, 7) is 9.28. The van der Waals surface area contributed by atoms with Crippen molar-refractivity contribution in [3.63, 3.8) is 0 Å². The van der Waals surface area contributed by atoms with Crippen molar-refractivity contribution in [1.82, 2.24) is 4.90 Å². The highest BCUT2D eigenvalue weighted by molar-refractivity contribution is 7.99. The fourth-order valence-electron chi connectivity index (χ4n) is 2.78. The number of anilines is 1. The Labute approximate surface area is 164 Å². The van der Waals surface area contributed by atoms with Gasteiger partial charge in [0.05, 0.1) is 11.3 Å². The number of amides is 2. The maximum Gasteiger partial charge on any atom is 0.313 e. The number of hydrogen-bond acceptors (Lipinski definition) is 4. The summed E-state index contributed by atoms with van der Waals surface area (Å²) in [5.41, 5.74) is 0.121. The molecule has 0 aromatic heterocycles. The monoisotopic (exact) mass is 392 g/mol. The van der Waals surface area contributed by atoms with Crippen molar-refractivity contribution in [1.29, 1.82) is 0 Å². The van der Waals surface area contributed by atoms with Gasteiger partial charge in [-0.1, -0.05) is 32.9 Å². The Hall–Kier alpha value is -2.02. The highest BCUT2D eigenvalue weighted by Crippen LogP contribution is 2.28. The minimum absolute atomic E-state index is 0.00814. The summed E-state index contributed by atoms with van der Waals surface area (Å²) in [5.74, 6) is -0.0288. The third-order valence-corrected chi connectivity index (χ3v) is 5.61. The van der Waals surface area contributed by atoms with Gasteiger partial charge in [0.2, 0.25) is 11.8 Å².